The SMILES string of the molecule is CC1(c2ccccc2)C=C(c2ccccc2)C=C(c2ccccc2)O1. The van der Waals surface area contributed by atoms with Gasteiger partial charge in [-0.25, -0.2) is 0 Å². The van der Waals surface area contributed by atoms with E-state index in [1.807, 2.05) is 30.3 Å². The van der Waals surface area contributed by atoms with E-state index in [1.165, 1.54) is 11.1 Å². The molecule has 0 aliphatic carbocycles. The van der Waals surface area contributed by atoms with Crippen LogP contribution in [0.1, 0.15) is 23.6 Å². The molecule has 1 aliphatic rings. The third-order valence-electron chi connectivity index (χ3n) is 4.55. The Labute approximate surface area is 148 Å². The molecule has 0 N–H and O–H groups in total. The van der Waals surface area contributed by atoms with Crippen LogP contribution in [0.15, 0.2) is 103 Å². The number of hydrogen-bond donors (Lipinski definition) is 0. The summed E-state index contributed by atoms with van der Waals surface area (Å²) in [5.41, 5.74) is 4.10. The van der Waals surface area contributed by atoms with E-state index >= 15 is 0 Å². The second-order valence-electron chi connectivity index (χ2n) is 6.42. The molecule has 25 heavy (non-hydrogen) atoms. The van der Waals surface area contributed by atoms with Crippen LogP contribution in [0, 0.1) is 0 Å². The van der Waals surface area contributed by atoms with Gasteiger partial charge in [-0.05, 0) is 35.8 Å². The Balaban J connectivity index is 1.85. The minimum absolute atomic E-state index is 0.508. The molecule has 0 aromatic heterocycles. The summed E-state index contributed by atoms with van der Waals surface area (Å²) in [6.07, 6.45) is 4.35. The minimum Gasteiger partial charge on any atom is -0.478 e. The first-order chi connectivity index (χ1) is 12.2. The maximum Gasteiger partial charge on any atom is 0.150 e. The van der Waals surface area contributed by atoms with Crippen LogP contribution < -0.4 is 0 Å². The lowest BCUT2D eigenvalue weighted by Gasteiger charge is -2.34. The zero-order valence-corrected chi connectivity index (χ0v) is 14.2. The third-order valence-corrected chi connectivity index (χ3v) is 4.55. The molecule has 1 heterocycles. The van der Waals surface area contributed by atoms with Crippen molar-refractivity contribution >= 4 is 11.3 Å². The molecule has 0 amide bonds. The van der Waals surface area contributed by atoms with Crippen molar-refractivity contribution in [1.82, 2.24) is 0 Å². The molecule has 0 fully saturated rings. The Kier molecular flexibility index (Phi) is 3.99. The lowest BCUT2D eigenvalue weighted by Crippen LogP contribution is -2.25. The Hall–Kier alpha value is -3.06. The molecule has 0 radical (unpaired) electrons. The van der Waals surface area contributed by atoms with Crippen molar-refractivity contribution in [3.63, 3.8) is 0 Å². The van der Waals surface area contributed by atoms with Crippen LogP contribution in [0.25, 0.3) is 11.3 Å². The van der Waals surface area contributed by atoms with Crippen LogP contribution in [0.3, 0.4) is 0 Å². The quantitative estimate of drug-likeness (QED) is 0.569. The van der Waals surface area contributed by atoms with Gasteiger partial charge in [0.1, 0.15) is 5.76 Å². The molecule has 1 heteroatoms. The van der Waals surface area contributed by atoms with Gasteiger partial charge in [-0.15, -0.1) is 0 Å². The van der Waals surface area contributed by atoms with Gasteiger partial charge >= 0.3 is 0 Å². The van der Waals surface area contributed by atoms with E-state index < -0.39 is 5.60 Å². The summed E-state index contributed by atoms with van der Waals surface area (Å²) in [4.78, 5) is 0. The molecule has 122 valence electrons. The first-order valence-corrected chi connectivity index (χ1v) is 8.54. The highest BCUT2D eigenvalue weighted by molar-refractivity contribution is 5.84. The first kappa shape index (κ1) is 15.5. The Morgan fingerprint density at radius 2 is 1.16 bits per heavy atom. The smallest absolute Gasteiger partial charge is 0.150 e. The fourth-order valence-corrected chi connectivity index (χ4v) is 3.22. The number of hydrogen-bond acceptors (Lipinski definition) is 1. The Morgan fingerprint density at radius 3 is 1.76 bits per heavy atom. The summed E-state index contributed by atoms with van der Waals surface area (Å²) in [6.45, 7) is 2.13. The van der Waals surface area contributed by atoms with Crippen LogP contribution in [0.2, 0.25) is 0 Å². The minimum atomic E-state index is -0.508. The average molecular weight is 324 g/mol. The molecule has 1 unspecified atom stereocenters. The summed E-state index contributed by atoms with van der Waals surface area (Å²) in [5, 5.41) is 0. The van der Waals surface area contributed by atoms with Crippen molar-refractivity contribution in [3.8, 4) is 0 Å². The lowest BCUT2D eigenvalue weighted by molar-refractivity contribution is 0.104. The maximum atomic E-state index is 6.48. The molecule has 4 rings (SSSR count). The highest BCUT2D eigenvalue weighted by Crippen LogP contribution is 2.40. The zero-order chi connectivity index (χ0) is 17.1. The monoisotopic (exact) mass is 324 g/mol. The van der Waals surface area contributed by atoms with Crippen LogP contribution in [0.4, 0.5) is 0 Å². The van der Waals surface area contributed by atoms with Gasteiger partial charge in [0.15, 0.2) is 5.60 Å². The van der Waals surface area contributed by atoms with E-state index in [0.29, 0.717) is 0 Å². The molecular weight excluding hydrogens is 304 g/mol. The first-order valence-electron chi connectivity index (χ1n) is 8.54. The topological polar surface area (TPSA) is 9.23 Å². The fourth-order valence-electron chi connectivity index (χ4n) is 3.22. The van der Waals surface area contributed by atoms with E-state index in [-0.39, 0.29) is 0 Å². The Bertz CT molecular complexity index is 908. The van der Waals surface area contributed by atoms with Gasteiger partial charge in [-0.3, -0.25) is 0 Å². The molecule has 0 bridgehead atoms. The van der Waals surface area contributed by atoms with Gasteiger partial charge in [-0.1, -0.05) is 91.0 Å². The van der Waals surface area contributed by atoms with E-state index in [1.54, 1.807) is 0 Å². The molecule has 0 saturated carbocycles. The number of benzene rings is 3. The van der Waals surface area contributed by atoms with Gasteiger partial charge < -0.3 is 4.74 Å². The zero-order valence-electron chi connectivity index (χ0n) is 14.2. The number of rotatable bonds is 3. The summed E-state index contributed by atoms with van der Waals surface area (Å²) in [6, 6.07) is 31.1. The largest absolute Gasteiger partial charge is 0.478 e. The molecule has 3 aromatic rings. The van der Waals surface area contributed by atoms with E-state index in [0.717, 1.165) is 16.9 Å². The van der Waals surface area contributed by atoms with Gasteiger partial charge in [-0.2, -0.15) is 0 Å². The predicted molar refractivity (Wildman–Crippen MR) is 104 cm³/mol. The van der Waals surface area contributed by atoms with Crippen LogP contribution in [0.5, 0.6) is 0 Å². The van der Waals surface area contributed by atoms with Crippen molar-refractivity contribution in [3.05, 3.63) is 120 Å². The van der Waals surface area contributed by atoms with Crippen molar-refractivity contribution < 1.29 is 4.74 Å². The van der Waals surface area contributed by atoms with Crippen molar-refractivity contribution in [2.45, 2.75) is 12.5 Å². The summed E-state index contributed by atoms with van der Waals surface area (Å²) in [7, 11) is 0. The van der Waals surface area contributed by atoms with Crippen molar-refractivity contribution in [2.24, 2.45) is 0 Å². The Morgan fingerprint density at radius 1 is 0.640 bits per heavy atom. The summed E-state index contributed by atoms with van der Waals surface area (Å²) < 4.78 is 6.48. The molecule has 1 nitrogen and oxygen atoms in total. The van der Waals surface area contributed by atoms with E-state index in [2.05, 4.69) is 79.7 Å². The van der Waals surface area contributed by atoms with Crippen LogP contribution in [-0.4, -0.2) is 0 Å². The highest BCUT2D eigenvalue weighted by Gasteiger charge is 2.31. The fraction of sp³-hybridized carbons (Fsp3) is 0.0833. The van der Waals surface area contributed by atoms with Crippen LogP contribution >= 0.6 is 0 Å². The molecule has 3 aromatic carbocycles. The molecule has 1 atom stereocenters. The normalized spacial score (nSPS) is 19.6. The third kappa shape index (κ3) is 3.14. The van der Waals surface area contributed by atoms with Crippen LogP contribution in [-0.2, 0) is 10.3 Å². The molecule has 1 aliphatic heterocycles. The van der Waals surface area contributed by atoms with Gasteiger partial charge in [0.05, 0.1) is 0 Å². The van der Waals surface area contributed by atoms with Crippen molar-refractivity contribution in [1.29, 1.82) is 0 Å². The molecule has 0 spiro atoms. The number of allylic oxidation sites excluding steroid dienone is 2. The second-order valence-corrected chi connectivity index (χ2v) is 6.42. The predicted octanol–water partition coefficient (Wildman–Crippen LogP) is 6.06. The maximum absolute atomic E-state index is 6.48. The van der Waals surface area contributed by atoms with E-state index in [4.69, 9.17) is 4.74 Å². The van der Waals surface area contributed by atoms with Crippen molar-refractivity contribution in [2.75, 3.05) is 0 Å². The van der Waals surface area contributed by atoms with Gasteiger partial charge in [0.25, 0.3) is 0 Å². The standard InChI is InChI=1S/C24H20O/c1-24(22-15-9-4-10-16-22)18-21(19-11-5-2-6-12-19)17-23(25-24)20-13-7-3-8-14-20/h2-18H,1H3. The van der Waals surface area contributed by atoms with Gasteiger partial charge in [0, 0.05) is 5.56 Å². The summed E-state index contributed by atoms with van der Waals surface area (Å²) >= 11 is 0. The molecular formula is C24H20O. The molecule has 0 saturated heterocycles. The average Bonchev–Trinajstić information content (AvgIpc) is 2.70. The lowest BCUT2D eigenvalue weighted by atomic mass is 9.88. The highest BCUT2D eigenvalue weighted by atomic mass is 16.5. The summed E-state index contributed by atoms with van der Waals surface area (Å²) in [5.74, 6) is 0.897. The van der Waals surface area contributed by atoms with Gasteiger partial charge in [0.2, 0.25) is 0 Å². The second kappa shape index (κ2) is 6.45. The number of ether oxygens (including phenoxy) is 1. The van der Waals surface area contributed by atoms with E-state index in [9.17, 15) is 0 Å².